The third-order valence-electron chi connectivity index (χ3n) is 5.51. The van der Waals surface area contributed by atoms with Crippen LogP contribution in [0.3, 0.4) is 0 Å². The Morgan fingerprint density at radius 2 is 2.04 bits per heavy atom. The Labute approximate surface area is 159 Å². The smallest absolute Gasteiger partial charge is 0.339 e. The van der Waals surface area contributed by atoms with E-state index in [0.29, 0.717) is 18.5 Å². The fraction of sp³-hybridized carbons (Fsp3) is 0.364. The van der Waals surface area contributed by atoms with E-state index in [-0.39, 0.29) is 5.91 Å². The Morgan fingerprint density at radius 3 is 2.89 bits per heavy atom. The number of amides is 1. The molecule has 0 unspecified atom stereocenters. The van der Waals surface area contributed by atoms with Gasteiger partial charge in [-0.05, 0) is 48.6 Å². The second-order valence-electron chi connectivity index (χ2n) is 7.63. The highest BCUT2D eigenvalue weighted by Crippen LogP contribution is 2.29. The van der Waals surface area contributed by atoms with Crippen LogP contribution in [0, 0.1) is 0 Å². The van der Waals surface area contributed by atoms with Crippen LogP contribution in [0.25, 0.3) is 0 Å². The van der Waals surface area contributed by atoms with Gasteiger partial charge in [-0.2, -0.15) is 0 Å². The van der Waals surface area contributed by atoms with Crippen LogP contribution in [0.4, 0.5) is 5.69 Å². The lowest BCUT2D eigenvalue weighted by atomic mass is 9.89. The van der Waals surface area contributed by atoms with Crippen molar-refractivity contribution >= 4 is 17.6 Å². The van der Waals surface area contributed by atoms with Gasteiger partial charge in [0.1, 0.15) is 0 Å². The molecule has 0 radical (unpaired) electrons. The molecule has 0 aromatic heterocycles. The van der Waals surface area contributed by atoms with Gasteiger partial charge >= 0.3 is 5.97 Å². The molecule has 0 bridgehead atoms. The van der Waals surface area contributed by atoms with Crippen LogP contribution in [0.2, 0.25) is 0 Å². The number of nitrogens with zero attached hydrogens (tertiary/aromatic N) is 1. The summed E-state index contributed by atoms with van der Waals surface area (Å²) in [6.07, 6.45) is 2.59. The van der Waals surface area contributed by atoms with Crippen molar-refractivity contribution in [2.24, 2.45) is 0 Å². The van der Waals surface area contributed by atoms with Gasteiger partial charge in [0, 0.05) is 32.2 Å². The molecule has 140 valence electrons. The molecule has 0 fully saturated rings. The number of fused-ring (bicyclic) bond motifs is 2. The van der Waals surface area contributed by atoms with Crippen molar-refractivity contribution in [1.29, 1.82) is 0 Å². The van der Waals surface area contributed by atoms with E-state index in [0.717, 1.165) is 30.5 Å². The van der Waals surface area contributed by atoms with Crippen molar-refractivity contribution in [2.75, 3.05) is 18.5 Å². The van der Waals surface area contributed by atoms with Crippen LogP contribution in [-0.2, 0) is 28.9 Å². The van der Waals surface area contributed by atoms with Crippen molar-refractivity contribution in [1.82, 2.24) is 5.32 Å². The minimum atomic E-state index is -1.18. The van der Waals surface area contributed by atoms with Gasteiger partial charge in [0.25, 0.3) is 5.91 Å². The molecule has 0 saturated heterocycles. The van der Waals surface area contributed by atoms with Gasteiger partial charge in [0.2, 0.25) is 0 Å². The monoisotopic (exact) mass is 364 g/mol. The highest BCUT2D eigenvalue weighted by atomic mass is 16.6. The number of esters is 1. The number of cyclic esters (lactones) is 1. The molecule has 0 spiro atoms. The van der Waals surface area contributed by atoms with Gasteiger partial charge in [-0.1, -0.05) is 30.3 Å². The molecule has 2 aromatic carbocycles. The maximum Gasteiger partial charge on any atom is 0.339 e. The summed E-state index contributed by atoms with van der Waals surface area (Å²) in [5, 5.41) is 2.95. The lowest BCUT2D eigenvalue weighted by Crippen LogP contribution is -2.51. The number of nitrogens with one attached hydrogen (secondary N) is 1. The fourth-order valence-electron chi connectivity index (χ4n) is 3.98. The third kappa shape index (κ3) is 3.29. The molecule has 2 aromatic rings. The summed E-state index contributed by atoms with van der Waals surface area (Å²) in [5.74, 6) is -0.702. The van der Waals surface area contributed by atoms with E-state index in [9.17, 15) is 9.59 Å². The zero-order valence-corrected chi connectivity index (χ0v) is 15.7. The lowest BCUT2D eigenvalue weighted by Gasteiger charge is -2.33. The molecule has 0 aliphatic carbocycles. The Balaban J connectivity index is 1.46. The summed E-state index contributed by atoms with van der Waals surface area (Å²) in [5.41, 5.74) is 3.86. The van der Waals surface area contributed by atoms with E-state index >= 15 is 0 Å². The molecule has 1 atom stereocenters. The summed E-state index contributed by atoms with van der Waals surface area (Å²) < 4.78 is 5.50. The largest absolute Gasteiger partial charge is 0.445 e. The molecule has 1 amide bonds. The van der Waals surface area contributed by atoms with E-state index in [4.69, 9.17) is 4.74 Å². The molecule has 5 heteroatoms. The maximum atomic E-state index is 12.8. The van der Waals surface area contributed by atoms with Gasteiger partial charge in [0.05, 0.1) is 5.56 Å². The van der Waals surface area contributed by atoms with E-state index in [1.165, 1.54) is 11.3 Å². The summed E-state index contributed by atoms with van der Waals surface area (Å²) >= 11 is 0. The van der Waals surface area contributed by atoms with E-state index < -0.39 is 11.6 Å². The average Bonchev–Trinajstić information content (AvgIpc) is 2.66. The third-order valence-corrected chi connectivity index (χ3v) is 5.51. The molecule has 0 saturated carbocycles. The van der Waals surface area contributed by atoms with Gasteiger partial charge < -0.3 is 15.0 Å². The minimum Gasteiger partial charge on any atom is -0.445 e. The first kappa shape index (κ1) is 17.6. The van der Waals surface area contributed by atoms with Crippen LogP contribution >= 0.6 is 0 Å². The summed E-state index contributed by atoms with van der Waals surface area (Å²) in [6.45, 7) is 3.18. The quantitative estimate of drug-likeness (QED) is 0.851. The number of carbonyl (C=O) groups is 2. The van der Waals surface area contributed by atoms with E-state index in [1.807, 2.05) is 18.2 Å². The van der Waals surface area contributed by atoms with Crippen LogP contribution in [-0.4, -0.2) is 31.1 Å². The standard InChI is InChI=1S/C22H24N2O3/c1-22(13-17-6-3-4-8-18(17)20(25)27-22)21(26)23-14-15-9-10-19-16(12-15)7-5-11-24(19)2/h3-4,6,8-10,12H,5,7,11,13-14H2,1-2H3,(H,23,26)/t22-/m1/s1. The SMILES string of the molecule is CN1CCCc2cc(CNC(=O)[C@@]3(C)Cc4ccccc4C(=O)O3)ccc21. The average molecular weight is 364 g/mol. The van der Waals surface area contributed by atoms with Gasteiger partial charge in [-0.25, -0.2) is 4.79 Å². The molecule has 2 aliphatic heterocycles. The molecule has 2 aliphatic rings. The molecule has 4 rings (SSSR count). The number of carbonyl (C=O) groups excluding carboxylic acids is 2. The Morgan fingerprint density at radius 1 is 1.22 bits per heavy atom. The zero-order valence-electron chi connectivity index (χ0n) is 15.7. The summed E-state index contributed by atoms with van der Waals surface area (Å²) in [7, 11) is 2.11. The normalized spacial score (nSPS) is 21.1. The topological polar surface area (TPSA) is 58.6 Å². The second kappa shape index (κ2) is 6.72. The van der Waals surface area contributed by atoms with Crippen LogP contribution < -0.4 is 10.2 Å². The molecular formula is C22H24N2O3. The number of aryl methyl sites for hydroxylation is 1. The first-order chi connectivity index (χ1) is 13.0. The van der Waals surface area contributed by atoms with Crippen molar-refractivity contribution in [3.63, 3.8) is 0 Å². The fourth-order valence-corrected chi connectivity index (χ4v) is 3.98. The van der Waals surface area contributed by atoms with E-state index in [2.05, 4.69) is 29.4 Å². The Kier molecular flexibility index (Phi) is 4.38. The second-order valence-corrected chi connectivity index (χ2v) is 7.63. The first-order valence-electron chi connectivity index (χ1n) is 9.39. The lowest BCUT2D eigenvalue weighted by molar-refractivity contribution is -0.139. The molecule has 5 nitrogen and oxygen atoms in total. The van der Waals surface area contributed by atoms with Crippen molar-refractivity contribution < 1.29 is 14.3 Å². The van der Waals surface area contributed by atoms with E-state index in [1.54, 1.807) is 19.1 Å². The highest BCUT2D eigenvalue weighted by Gasteiger charge is 2.42. The first-order valence-corrected chi connectivity index (χ1v) is 9.39. The molecule has 2 heterocycles. The van der Waals surface area contributed by atoms with Crippen molar-refractivity contribution in [3.05, 3.63) is 64.7 Å². The number of hydrogen-bond acceptors (Lipinski definition) is 4. The number of ether oxygens (including phenoxy) is 1. The Bertz CT molecular complexity index is 908. The van der Waals surface area contributed by atoms with Crippen molar-refractivity contribution in [2.45, 2.75) is 38.3 Å². The predicted molar refractivity (Wildman–Crippen MR) is 104 cm³/mol. The summed E-state index contributed by atoms with van der Waals surface area (Å²) in [6, 6.07) is 13.6. The molecular weight excluding hydrogens is 340 g/mol. The summed E-state index contributed by atoms with van der Waals surface area (Å²) in [4.78, 5) is 27.3. The number of hydrogen-bond donors (Lipinski definition) is 1. The number of benzene rings is 2. The molecule has 27 heavy (non-hydrogen) atoms. The molecule has 1 N–H and O–H groups in total. The van der Waals surface area contributed by atoms with Gasteiger partial charge in [0.15, 0.2) is 5.60 Å². The van der Waals surface area contributed by atoms with Crippen molar-refractivity contribution in [3.8, 4) is 0 Å². The number of anilines is 1. The Hall–Kier alpha value is -2.82. The maximum absolute atomic E-state index is 12.8. The van der Waals surface area contributed by atoms with Crippen LogP contribution in [0.15, 0.2) is 42.5 Å². The minimum absolute atomic E-state index is 0.264. The van der Waals surface area contributed by atoms with Gasteiger partial charge in [-0.15, -0.1) is 0 Å². The van der Waals surface area contributed by atoms with Gasteiger partial charge in [-0.3, -0.25) is 4.79 Å². The number of rotatable bonds is 3. The highest BCUT2D eigenvalue weighted by molar-refractivity contribution is 5.97. The van der Waals surface area contributed by atoms with Crippen LogP contribution in [0.1, 0.15) is 40.4 Å². The zero-order chi connectivity index (χ0) is 19.0. The van der Waals surface area contributed by atoms with Crippen LogP contribution in [0.5, 0.6) is 0 Å². The predicted octanol–water partition coefficient (Wildman–Crippen LogP) is 2.86.